The predicted octanol–water partition coefficient (Wildman–Crippen LogP) is 1.39. The number of carbonyl (C=O) groups excluding carboxylic acids is 1. The molecule has 0 radical (unpaired) electrons. The number of hydrogen-bond donors (Lipinski definition) is 0. The molecular weight excluding hydrogens is 128 g/mol. The van der Waals surface area contributed by atoms with Gasteiger partial charge in [-0.25, -0.2) is 0 Å². The maximum Gasteiger partial charge on any atom is 0.164 e. The van der Waals surface area contributed by atoms with E-state index in [0.717, 1.165) is 12.8 Å². The fraction of sp³-hybridized carbons (Fsp3) is 0.875. The molecule has 0 aliphatic carbocycles. The minimum atomic E-state index is 0.160. The average molecular weight is 142 g/mol. The van der Waals surface area contributed by atoms with Gasteiger partial charge in [0, 0.05) is 5.92 Å². The van der Waals surface area contributed by atoms with Crippen molar-refractivity contribution in [3.05, 3.63) is 0 Å². The zero-order chi connectivity index (χ0) is 7.56. The van der Waals surface area contributed by atoms with Gasteiger partial charge in [0.25, 0.3) is 0 Å². The van der Waals surface area contributed by atoms with Crippen LogP contribution in [0, 0.1) is 5.92 Å². The first kappa shape index (κ1) is 7.73. The number of ketones is 1. The second kappa shape index (κ2) is 3.15. The minimum absolute atomic E-state index is 0.160. The SMILES string of the molecule is CCCC1C(=O)COC1C. The highest BCUT2D eigenvalue weighted by atomic mass is 16.5. The van der Waals surface area contributed by atoms with Gasteiger partial charge in [-0.3, -0.25) is 4.79 Å². The summed E-state index contributed by atoms with van der Waals surface area (Å²) in [6.45, 7) is 4.41. The summed E-state index contributed by atoms with van der Waals surface area (Å²) in [5, 5.41) is 0. The normalized spacial score (nSPS) is 33.2. The van der Waals surface area contributed by atoms with Crippen molar-refractivity contribution in [1.82, 2.24) is 0 Å². The monoisotopic (exact) mass is 142 g/mol. The molecule has 2 heteroatoms. The van der Waals surface area contributed by atoms with Gasteiger partial charge in [-0.2, -0.15) is 0 Å². The van der Waals surface area contributed by atoms with E-state index in [0.29, 0.717) is 6.61 Å². The largest absolute Gasteiger partial charge is 0.370 e. The Kier molecular flexibility index (Phi) is 2.44. The van der Waals surface area contributed by atoms with E-state index in [-0.39, 0.29) is 17.8 Å². The van der Waals surface area contributed by atoms with Crippen LogP contribution in [0.25, 0.3) is 0 Å². The Morgan fingerprint density at radius 3 is 2.80 bits per heavy atom. The number of carbonyl (C=O) groups is 1. The van der Waals surface area contributed by atoms with Gasteiger partial charge in [-0.05, 0) is 13.3 Å². The molecule has 58 valence electrons. The van der Waals surface area contributed by atoms with Crippen LogP contribution >= 0.6 is 0 Å². The number of ether oxygens (including phenoxy) is 1. The molecule has 1 saturated heterocycles. The van der Waals surface area contributed by atoms with Crippen molar-refractivity contribution in [3.8, 4) is 0 Å². The van der Waals surface area contributed by atoms with Crippen LogP contribution in [0.3, 0.4) is 0 Å². The van der Waals surface area contributed by atoms with Crippen LogP contribution in [0.4, 0.5) is 0 Å². The van der Waals surface area contributed by atoms with Crippen LogP contribution in [0.1, 0.15) is 26.7 Å². The topological polar surface area (TPSA) is 26.3 Å². The van der Waals surface area contributed by atoms with Crippen molar-refractivity contribution in [2.75, 3.05) is 6.61 Å². The molecule has 0 bridgehead atoms. The minimum Gasteiger partial charge on any atom is -0.370 e. The number of Topliss-reactive ketones (excluding diaryl/α,β-unsaturated/α-hetero) is 1. The van der Waals surface area contributed by atoms with E-state index in [9.17, 15) is 4.79 Å². The smallest absolute Gasteiger partial charge is 0.164 e. The van der Waals surface area contributed by atoms with Gasteiger partial charge in [0.2, 0.25) is 0 Å². The van der Waals surface area contributed by atoms with Gasteiger partial charge in [0.15, 0.2) is 5.78 Å². The Bertz CT molecular complexity index is 131. The summed E-state index contributed by atoms with van der Waals surface area (Å²) < 4.78 is 5.18. The van der Waals surface area contributed by atoms with E-state index < -0.39 is 0 Å². The number of rotatable bonds is 2. The zero-order valence-corrected chi connectivity index (χ0v) is 6.59. The van der Waals surface area contributed by atoms with Crippen molar-refractivity contribution in [2.45, 2.75) is 32.8 Å². The standard InChI is InChI=1S/C8H14O2/c1-3-4-7-6(2)10-5-8(7)9/h6-7H,3-5H2,1-2H3. The van der Waals surface area contributed by atoms with E-state index in [4.69, 9.17) is 4.74 Å². The van der Waals surface area contributed by atoms with Crippen LogP contribution in [0.15, 0.2) is 0 Å². The molecule has 1 rings (SSSR count). The summed E-state index contributed by atoms with van der Waals surface area (Å²) in [5.41, 5.74) is 0. The molecule has 0 aromatic heterocycles. The first-order chi connectivity index (χ1) is 4.75. The molecule has 0 aromatic carbocycles. The highest BCUT2D eigenvalue weighted by Gasteiger charge is 2.31. The van der Waals surface area contributed by atoms with Crippen molar-refractivity contribution in [2.24, 2.45) is 5.92 Å². The lowest BCUT2D eigenvalue weighted by Gasteiger charge is -2.09. The summed E-state index contributed by atoms with van der Waals surface area (Å²) in [5.74, 6) is 0.472. The zero-order valence-electron chi connectivity index (χ0n) is 6.59. The Labute approximate surface area is 61.6 Å². The third kappa shape index (κ3) is 1.37. The van der Waals surface area contributed by atoms with E-state index in [1.807, 2.05) is 6.92 Å². The maximum absolute atomic E-state index is 11.0. The average Bonchev–Trinajstić information content (AvgIpc) is 2.20. The van der Waals surface area contributed by atoms with Gasteiger partial charge in [0.1, 0.15) is 6.61 Å². The second-order valence-corrected chi connectivity index (χ2v) is 2.88. The van der Waals surface area contributed by atoms with Crippen molar-refractivity contribution < 1.29 is 9.53 Å². The Morgan fingerprint density at radius 1 is 1.70 bits per heavy atom. The summed E-state index contributed by atoms with van der Waals surface area (Å²) in [6.07, 6.45) is 2.22. The summed E-state index contributed by atoms with van der Waals surface area (Å²) in [6, 6.07) is 0. The third-order valence-electron chi connectivity index (χ3n) is 2.07. The van der Waals surface area contributed by atoms with Crippen molar-refractivity contribution in [1.29, 1.82) is 0 Å². The van der Waals surface area contributed by atoms with Gasteiger partial charge >= 0.3 is 0 Å². The maximum atomic E-state index is 11.0. The summed E-state index contributed by atoms with van der Waals surface area (Å²) >= 11 is 0. The van der Waals surface area contributed by atoms with E-state index in [1.165, 1.54) is 0 Å². The van der Waals surface area contributed by atoms with Gasteiger partial charge in [0.05, 0.1) is 6.10 Å². The highest BCUT2D eigenvalue weighted by molar-refractivity contribution is 5.84. The van der Waals surface area contributed by atoms with Crippen molar-refractivity contribution in [3.63, 3.8) is 0 Å². The van der Waals surface area contributed by atoms with Crippen LogP contribution in [0.2, 0.25) is 0 Å². The molecule has 0 aromatic rings. The van der Waals surface area contributed by atoms with Crippen LogP contribution < -0.4 is 0 Å². The van der Waals surface area contributed by atoms with Crippen LogP contribution in [0.5, 0.6) is 0 Å². The molecule has 0 amide bonds. The first-order valence-electron chi connectivity index (χ1n) is 3.90. The molecule has 0 N–H and O–H groups in total. The molecule has 1 aliphatic rings. The molecule has 1 heterocycles. The third-order valence-corrected chi connectivity index (χ3v) is 2.07. The lowest BCUT2D eigenvalue weighted by molar-refractivity contribution is -0.120. The molecule has 1 fully saturated rings. The van der Waals surface area contributed by atoms with Gasteiger partial charge in [-0.1, -0.05) is 13.3 Å². The Hall–Kier alpha value is -0.370. The Balaban J connectivity index is 2.46. The van der Waals surface area contributed by atoms with Gasteiger partial charge < -0.3 is 4.74 Å². The molecule has 2 nitrogen and oxygen atoms in total. The fourth-order valence-electron chi connectivity index (χ4n) is 1.41. The van der Waals surface area contributed by atoms with Gasteiger partial charge in [-0.15, -0.1) is 0 Å². The predicted molar refractivity (Wildman–Crippen MR) is 38.8 cm³/mol. The molecule has 0 spiro atoms. The van der Waals surface area contributed by atoms with E-state index in [1.54, 1.807) is 0 Å². The summed E-state index contributed by atoms with van der Waals surface area (Å²) in [4.78, 5) is 11.0. The van der Waals surface area contributed by atoms with E-state index >= 15 is 0 Å². The number of hydrogen-bond acceptors (Lipinski definition) is 2. The molecule has 2 unspecified atom stereocenters. The molecule has 10 heavy (non-hydrogen) atoms. The first-order valence-corrected chi connectivity index (χ1v) is 3.90. The van der Waals surface area contributed by atoms with E-state index in [2.05, 4.69) is 6.92 Å². The lowest BCUT2D eigenvalue weighted by atomic mass is 9.96. The molecule has 1 aliphatic heterocycles. The molecule has 2 atom stereocenters. The van der Waals surface area contributed by atoms with Crippen LogP contribution in [-0.4, -0.2) is 18.5 Å². The van der Waals surface area contributed by atoms with Crippen LogP contribution in [-0.2, 0) is 9.53 Å². The Morgan fingerprint density at radius 2 is 2.40 bits per heavy atom. The highest BCUT2D eigenvalue weighted by Crippen LogP contribution is 2.21. The second-order valence-electron chi connectivity index (χ2n) is 2.88. The molecular formula is C8H14O2. The molecule has 0 saturated carbocycles. The quantitative estimate of drug-likeness (QED) is 0.582. The summed E-state index contributed by atoms with van der Waals surface area (Å²) in [7, 11) is 0. The fourth-order valence-corrected chi connectivity index (χ4v) is 1.41. The lowest BCUT2D eigenvalue weighted by Crippen LogP contribution is -2.16. The van der Waals surface area contributed by atoms with Crippen molar-refractivity contribution >= 4 is 5.78 Å².